The molecular weight excluding hydrogens is 310 g/mol. The molecule has 0 spiro atoms. The number of anilines is 2. The molecule has 2 N–H and O–H groups in total. The van der Waals surface area contributed by atoms with Crippen molar-refractivity contribution in [2.75, 3.05) is 29.9 Å². The third-order valence-electron chi connectivity index (χ3n) is 8.42. The van der Waals surface area contributed by atoms with Crippen molar-refractivity contribution >= 4 is 11.8 Å². The first kappa shape index (κ1) is 15.9. The smallest absolute Gasteiger partial charge is 0.224 e. The van der Waals surface area contributed by atoms with Crippen molar-refractivity contribution in [3.63, 3.8) is 0 Å². The van der Waals surface area contributed by atoms with Crippen LogP contribution in [0.3, 0.4) is 0 Å². The summed E-state index contributed by atoms with van der Waals surface area (Å²) >= 11 is 0. The van der Waals surface area contributed by atoms with E-state index in [2.05, 4.69) is 47.4 Å². The average molecular weight is 342 g/mol. The summed E-state index contributed by atoms with van der Waals surface area (Å²) in [5.74, 6) is 3.53. The van der Waals surface area contributed by atoms with Crippen LogP contribution in [0.2, 0.25) is 0 Å². The van der Waals surface area contributed by atoms with Crippen LogP contribution in [-0.4, -0.2) is 41.7 Å². The lowest BCUT2D eigenvalue weighted by molar-refractivity contribution is 0.142. The van der Waals surface area contributed by atoms with E-state index in [-0.39, 0.29) is 0 Å². The lowest BCUT2D eigenvalue weighted by Crippen LogP contribution is -2.40. The van der Waals surface area contributed by atoms with Gasteiger partial charge < -0.3 is 15.5 Å². The molecule has 0 aromatic carbocycles. The Hall–Kier alpha value is -1.36. The number of hydrogen-bond acceptors (Lipinski definition) is 5. The van der Waals surface area contributed by atoms with Gasteiger partial charge in [0.05, 0.1) is 0 Å². The second-order valence-electron chi connectivity index (χ2n) is 9.56. The second kappa shape index (κ2) is 5.32. The van der Waals surface area contributed by atoms with Crippen LogP contribution in [0.1, 0.15) is 46.5 Å². The van der Waals surface area contributed by atoms with Gasteiger partial charge in [-0.3, -0.25) is 0 Å². The molecule has 2 bridgehead atoms. The highest BCUT2D eigenvalue weighted by atomic mass is 15.3. The molecule has 2 saturated heterocycles. The predicted octanol–water partition coefficient (Wildman–Crippen LogP) is 2.90. The van der Waals surface area contributed by atoms with Crippen molar-refractivity contribution in [2.45, 2.75) is 58.5 Å². The summed E-state index contributed by atoms with van der Waals surface area (Å²) in [5, 5.41) is 7.34. The van der Waals surface area contributed by atoms with E-state index < -0.39 is 0 Å². The van der Waals surface area contributed by atoms with Gasteiger partial charge in [-0.15, -0.1) is 0 Å². The van der Waals surface area contributed by atoms with Crippen LogP contribution >= 0.6 is 0 Å². The largest absolute Gasteiger partial charge is 0.355 e. The Labute approximate surface area is 151 Å². The van der Waals surface area contributed by atoms with Crippen LogP contribution < -0.4 is 15.5 Å². The molecule has 3 heterocycles. The Morgan fingerprint density at radius 2 is 2.12 bits per heavy atom. The average Bonchev–Trinajstić information content (AvgIpc) is 3.27. The molecule has 5 rings (SSSR count). The molecule has 1 aromatic rings. The molecule has 2 aliphatic carbocycles. The molecule has 5 heteroatoms. The monoisotopic (exact) mass is 341 g/mol. The van der Waals surface area contributed by atoms with Crippen LogP contribution in [0.25, 0.3) is 0 Å². The van der Waals surface area contributed by atoms with Crippen molar-refractivity contribution in [2.24, 2.45) is 22.7 Å². The molecular formula is C20H31N5. The third-order valence-corrected chi connectivity index (χ3v) is 8.42. The predicted molar refractivity (Wildman–Crippen MR) is 101 cm³/mol. The van der Waals surface area contributed by atoms with E-state index >= 15 is 0 Å². The van der Waals surface area contributed by atoms with E-state index in [9.17, 15) is 0 Å². The standard InChI is InChI=1S/C20H31N5/c1-19(2)14-4-7-20(19,3)16(10-14)23-18-22-9-6-17(24-18)25-11-13-5-8-21-15(13)12-25/h6,9,13-16,21H,4-5,7-8,10-12H2,1-3H3,(H,22,23,24)/t13-,14-,15+,16+,20+/m1/s1. The fraction of sp³-hybridized carbons (Fsp3) is 0.800. The van der Waals surface area contributed by atoms with Gasteiger partial charge in [0.2, 0.25) is 5.95 Å². The van der Waals surface area contributed by atoms with Gasteiger partial charge in [-0.05, 0) is 61.0 Å². The maximum Gasteiger partial charge on any atom is 0.224 e. The Morgan fingerprint density at radius 3 is 2.84 bits per heavy atom. The number of nitrogens with one attached hydrogen (secondary N) is 2. The number of hydrogen-bond donors (Lipinski definition) is 2. The van der Waals surface area contributed by atoms with Crippen LogP contribution in [0, 0.1) is 22.7 Å². The summed E-state index contributed by atoms with van der Waals surface area (Å²) in [4.78, 5) is 11.9. The van der Waals surface area contributed by atoms with Gasteiger partial charge in [-0.1, -0.05) is 20.8 Å². The summed E-state index contributed by atoms with van der Waals surface area (Å²) in [6.45, 7) is 10.8. The Morgan fingerprint density at radius 1 is 1.24 bits per heavy atom. The van der Waals surface area contributed by atoms with Crippen molar-refractivity contribution in [1.29, 1.82) is 0 Å². The zero-order chi connectivity index (χ0) is 17.2. The van der Waals surface area contributed by atoms with Crippen LogP contribution in [0.4, 0.5) is 11.8 Å². The van der Waals surface area contributed by atoms with Gasteiger partial charge in [-0.25, -0.2) is 4.98 Å². The van der Waals surface area contributed by atoms with Crippen LogP contribution in [-0.2, 0) is 0 Å². The van der Waals surface area contributed by atoms with E-state index in [0.29, 0.717) is 22.9 Å². The third kappa shape index (κ3) is 2.24. The minimum Gasteiger partial charge on any atom is -0.355 e. The molecule has 25 heavy (non-hydrogen) atoms. The molecule has 0 unspecified atom stereocenters. The first-order valence-corrected chi connectivity index (χ1v) is 10.1. The van der Waals surface area contributed by atoms with E-state index in [1.54, 1.807) is 0 Å². The zero-order valence-electron chi connectivity index (χ0n) is 15.8. The van der Waals surface area contributed by atoms with Crippen molar-refractivity contribution in [3.8, 4) is 0 Å². The van der Waals surface area contributed by atoms with Gasteiger partial charge in [0, 0.05) is 31.4 Å². The summed E-state index contributed by atoms with van der Waals surface area (Å²) in [6, 6.07) is 3.21. The highest BCUT2D eigenvalue weighted by molar-refractivity contribution is 5.45. The fourth-order valence-electron chi connectivity index (χ4n) is 6.21. The number of nitrogens with zero attached hydrogens (tertiary/aromatic N) is 3. The van der Waals surface area contributed by atoms with Gasteiger partial charge >= 0.3 is 0 Å². The molecule has 136 valence electrons. The minimum absolute atomic E-state index is 0.353. The summed E-state index contributed by atoms with van der Waals surface area (Å²) < 4.78 is 0. The maximum atomic E-state index is 4.88. The lowest BCUT2D eigenvalue weighted by atomic mass is 9.69. The Bertz CT molecular complexity index is 662. The topological polar surface area (TPSA) is 53.1 Å². The van der Waals surface area contributed by atoms with Crippen LogP contribution in [0.5, 0.6) is 0 Å². The highest BCUT2D eigenvalue weighted by Gasteiger charge is 2.61. The first-order chi connectivity index (χ1) is 12.0. The summed E-state index contributed by atoms with van der Waals surface area (Å²) in [6.07, 6.45) is 7.19. The number of fused-ring (bicyclic) bond motifs is 3. The molecule has 0 amide bonds. The molecule has 2 aliphatic heterocycles. The second-order valence-corrected chi connectivity index (χ2v) is 9.56. The molecule has 5 nitrogen and oxygen atoms in total. The van der Waals surface area contributed by atoms with E-state index in [1.807, 2.05) is 6.20 Å². The Balaban J connectivity index is 1.33. The van der Waals surface area contributed by atoms with Gasteiger partial charge in [0.25, 0.3) is 0 Å². The van der Waals surface area contributed by atoms with Crippen molar-refractivity contribution in [1.82, 2.24) is 15.3 Å². The molecule has 4 fully saturated rings. The lowest BCUT2D eigenvalue weighted by Gasteiger charge is -2.39. The van der Waals surface area contributed by atoms with Crippen molar-refractivity contribution < 1.29 is 0 Å². The summed E-state index contributed by atoms with van der Waals surface area (Å²) in [7, 11) is 0. The molecule has 4 aliphatic rings. The van der Waals surface area contributed by atoms with Crippen molar-refractivity contribution in [3.05, 3.63) is 12.3 Å². The number of rotatable bonds is 3. The fourth-order valence-corrected chi connectivity index (χ4v) is 6.21. The zero-order valence-corrected chi connectivity index (χ0v) is 15.8. The highest BCUT2D eigenvalue weighted by Crippen LogP contribution is 2.65. The van der Waals surface area contributed by atoms with Crippen LogP contribution in [0.15, 0.2) is 12.3 Å². The molecule has 5 atom stereocenters. The quantitative estimate of drug-likeness (QED) is 0.885. The molecule has 2 saturated carbocycles. The Kier molecular flexibility index (Phi) is 3.38. The summed E-state index contributed by atoms with van der Waals surface area (Å²) in [5.41, 5.74) is 0.770. The molecule has 1 aromatic heterocycles. The van der Waals surface area contributed by atoms with E-state index in [1.165, 1.54) is 32.2 Å². The van der Waals surface area contributed by atoms with E-state index in [0.717, 1.165) is 36.7 Å². The van der Waals surface area contributed by atoms with Gasteiger partial charge in [0.15, 0.2) is 0 Å². The SMILES string of the molecule is CC1(C)[C@@H]2CC[C@@]1(C)[C@@H](Nc1nccc(N3C[C@H]4CCN[C@H]4C3)n1)C2. The minimum atomic E-state index is 0.353. The first-order valence-electron chi connectivity index (χ1n) is 10.1. The molecule has 0 radical (unpaired) electrons. The van der Waals surface area contributed by atoms with E-state index in [4.69, 9.17) is 4.98 Å². The number of aromatic nitrogens is 2. The van der Waals surface area contributed by atoms with Gasteiger partial charge in [-0.2, -0.15) is 4.98 Å². The normalized spacial score (nSPS) is 41.3. The maximum absolute atomic E-state index is 4.88. The van der Waals surface area contributed by atoms with Gasteiger partial charge in [0.1, 0.15) is 5.82 Å².